The van der Waals surface area contributed by atoms with E-state index < -0.39 is 0 Å². The number of rotatable bonds is 2. The summed E-state index contributed by atoms with van der Waals surface area (Å²) in [5, 5.41) is 7.14. The second kappa shape index (κ2) is 7.85. The van der Waals surface area contributed by atoms with E-state index in [0.29, 0.717) is 0 Å². The molecule has 29 heavy (non-hydrogen) atoms. The number of para-hydroxylation sites is 1. The summed E-state index contributed by atoms with van der Waals surface area (Å²) in [5.74, 6) is 4.20. The van der Waals surface area contributed by atoms with Crippen LogP contribution in [-0.4, -0.2) is 16.9 Å². The zero-order valence-electron chi connectivity index (χ0n) is 17.1. The van der Waals surface area contributed by atoms with Crippen molar-refractivity contribution >= 4 is 11.5 Å². The molecule has 0 aliphatic carbocycles. The van der Waals surface area contributed by atoms with Crippen LogP contribution in [0.1, 0.15) is 31.9 Å². The highest BCUT2D eigenvalue weighted by atomic mass is 15.6. The molecule has 144 valence electrons. The molecule has 0 radical (unpaired) electrons. The monoisotopic (exact) mass is 379 g/mol. The highest BCUT2D eigenvalue weighted by molar-refractivity contribution is 6.02. The number of amidine groups is 1. The van der Waals surface area contributed by atoms with Gasteiger partial charge in [0.25, 0.3) is 0 Å². The number of anilines is 1. The predicted octanol–water partition coefficient (Wildman–Crippen LogP) is 5.55. The minimum absolute atomic E-state index is 0.0312. The quantitative estimate of drug-likeness (QED) is 0.544. The molecular formula is C26H25N3. The van der Waals surface area contributed by atoms with E-state index in [1.807, 2.05) is 66.7 Å². The molecule has 1 heterocycles. The zero-order valence-corrected chi connectivity index (χ0v) is 17.1. The van der Waals surface area contributed by atoms with Crippen molar-refractivity contribution in [1.29, 1.82) is 0 Å². The molecule has 3 nitrogen and oxygen atoms in total. The molecule has 0 aromatic heterocycles. The Morgan fingerprint density at radius 1 is 0.759 bits per heavy atom. The Hall–Kier alpha value is -3.51. The van der Waals surface area contributed by atoms with Crippen molar-refractivity contribution in [2.75, 3.05) is 5.01 Å². The zero-order chi connectivity index (χ0) is 20.3. The highest BCUT2D eigenvalue weighted by Crippen LogP contribution is 2.36. The SMILES string of the molecule is CC(C)(C)[C@@H]1N(C#Cc2ccccc2)C(c2ccccc2)=NN1c1ccccc1. The van der Waals surface area contributed by atoms with Gasteiger partial charge in [-0.2, -0.15) is 5.10 Å². The molecule has 0 saturated heterocycles. The van der Waals surface area contributed by atoms with Crippen LogP contribution in [0.3, 0.4) is 0 Å². The summed E-state index contributed by atoms with van der Waals surface area (Å²) in [7, 11) is 0. The van der Waals surface area contributed by atoms with E-state index in [-0.39, 0.29) is 11.6 Å². The number of nitrogens with zero attached hydrogens (tertiary/aromatic N) is 3. The molecule has 0 amide bonds. The molecule has 1 atom stereocenters. The van der Waals surface area contributed by atoms with Crippen molar-refractivity contribution < 1.29 is 0 Å². The lowest BCUT2D eigenvalue weighted by molar-refractivity contribution is 0.225. The second-order valence-corrected chi connectivity index (χ2v) is 8.18. The van der Waals surface area contributed by atoms with E-state index in [9.17, 15) is 0 Å². The van der Waals surface area contributed by atoms with Crippen LogP contribution in [-0.2, 0) is 0 Å². The molecule has 0 N–H and O–H groups in total. The lowest BCUT2D eigenvalue weighted by Crippen LogP contribution is -2.48. The molecular weight excluding hydrogens is 354 g/mol. The van der Waals surface area contributed by atoms with E-state index in [1.54, 1.807) is 0 Å². The summed E-state index contributed by atoms with van der Waals surface area (Å²) in [4.78, 5) is 2.12. The normalized spacial score (nSPS) is 16.2. The average Bonchev–Trinajstić information content (AvgIpc) is 3.14. The van der Waals surface area contributed by atoms with E-state index in [0.717, 1.165) is 22.6 Å². The van der Waals surface area contributed by atoms with Gasteiger partial charge in [-0.25, -0.2) is 5.01 Å². The summed E-state index contributed by atoms with van der Waals surface area (Å²) >= 11 is 0. The number of benzene rings is 3. The third kappa shape index (κ3) is 4.02. The molecule has 0 fully saturated rings. The van der Waals surface area contributed by atoms with Crippen LogP contribution in [0.4, 0.5) is 5.69 Å². The summed E-state index contributed by atoms with van der Waals surface area (Å²) in [6, 6.07) is 34.1. The van der Waals surface area contributed by atoms with Gasteiger partial charge in [-0.15, -0.1) is 0 Å². The van der Waals surface area contributed by atoms with Crippen molar-refractivity contribution in [3.63, 3.8) is 0 Å². The first kappa shape index (κ1) is 18.8. The van der Waals surface area contributed by atoms with Gasteiger partial charge in [-0.3, -0.25) is 4.90 Å². The Bertz CT molecular complexity index is 1040. The summed E-state index contributed by atoms with van der Waals surface area (Å²) < 4.78 is 0. The standard InChI is InChI=1S/C26H25N3/c1-26(2,3)25-28(20-19-21-13-7-4-8-14-21)24(22-15-9-5-10-16-22)27-29(25)23-17-11-6-12-18-23/h4-18,25H,1-3H3/t25-/m1/s1. The topological polar surface area (TPSA) is 18.8 Å². The van der Waals surface area contributed by atoms with Crippen molar-refractivity contribution in [2.45, 2.75) is 26.9 Å². The first-order valence-electron chi connectivity index (χ1n) is 9.88. The van der Waals surface area contributed by atoms with Crippen LogP contribution in [0.15, 0.2) is 96.1 Å². The van der Waals surface area contributed by atoms with Crippen molar-refractivity contribution in [2.24, 2.45) is 10.5 Å². The van der Waals surface area contributed by atoms with E-state index in [2.05, 4.69) is 66.9 Å². The molecule has 3 aromatic carbocycles. The number of hydrogen-bond acceptors (Lipinski definition) is 3. The fraction of sp³-hybridized carbons (Fsp3) is 0.192. The van der Waals surface area contributed by atoms with Gasteiger partial charge < -0.3 is 0 Å². The molecule has 0 spiro atoms. The van der Waals surface area contributed by atoms with Crippen molar-refractivity contribution in [1.82, 2.24) is 4.90 Å². The average molecular weight is 380 g/mol. The van der Waals surface area contributed by atoms with Crippen LogP contribution >= 0.6 is 0 Å². The van der Waals surface area contributed by atoms with Gasteiger partial charge in [0.05, 0.1) is 5.69 Å². The maximum absolute atomic E-state index is 5.04. The number of hydrogen-bond donors (Lipinski definition) is 0. The summed E-state index contributed by atoms with van der Waals surface area (Å²) in [5.41, 5.74) is 3.03. The first-order valence-corrected chi connectivity index (χ1v) is 9.88. The fourth-order valence-corrected chi connectivity index (χ4v) is 3.51. The Morgan fingerprint density at radius 3 is 1.90 bits per heavy atom. The summed E-state index contributed by atoms with van der Waals surface area (Å²) in [6.45, 7) is 6.69. The van der Waals surface area contributed by atoms with Gasteiger partial charge in [-0.1, -0.05) is 87.5 Å². The molecule has 1 aliphatic rings. The molecule has 3 heteroatoms. The van der Waals surface area contributed by atoms with Crippen LogP contribution in [0.2, 0.25) is 0 Å². The maximum atomic E-state index is 5.04. The van der Waals surface area contributed by atoms with Crippen LogP contribution in [0, 0.1) is 17.4 Å². The Morgan fingerprint density at radius 2 is 1.31 bits per heavy atom. The molecule has 3 aromatic rings. The van der Waals surface area contributed by atoms with Crippen molar-refractivity contribution in [3.8, 4) is 12.0 Å². The van der Waals surface area contributed by atoms with Gasteiger partial charge in [0.15, 0.2) is 5.84 Å². The summed E-state index contributed by atoms with van der Waals surface area (Å²) in [6.07, 6.45) is -0.0312. The highest BCUT2D eigenvalue weighted by Gasteiger charge is 2.42. The first-order chi connectivity index (χ1) is 14.0. The van der Waals surface area contributed by atoms with Gasteiger partial charge in [-0.05, 0) is 30.2 Å². The van der Waals surface area contributed by atoms with Gasteiger partial charge in [0.2, 0.25) is 0 Å². The number of hydrazone groups is 1. The Balaban J connectivity index is 1.84. The largest absolute Gasteiger partial charge is 0.259 e. The Labute approximate surface area is 173 Å². The minimum atomic E-state index is -0.0821. The van der Waals surface area contributed by atoms with Crippen molar-refractivity contribution in [3.05, 3.63) is 102 Å². The van der Waals surface area contributed by atoms with Gasteiger partial charge in [0.1, 0.15) is 6.17 Å². The lowest BCUT2D eigenvalue weighted by atomic mass is 9.90. The second-order valence-electron chi connectivity index (χ2n) is 8.18. The molecule has 0 unspecified atom stereocenters. The smallest absolute Gasteiger partial charge is 0.169 e. The van der Waals surface area contributed by atoms with E-state index in [4.69, 9.17) is 5.10 Å². The van der Waals surface area contributed by atoms with Gasteiger partial charge in [0, 0.05) is 22.6 Å². The fourth-order valence-electron chi connectivity index (χ4n) is 3.51. The van der Waals surface area contributed by atoms with E-state index in [1.165, 1.54) is 0 Å². The lowest BCUT2D eigenvalue weighted by Gasteiger charge is -2.37. The predicted molar refractivity (Wildman–Crippen MR) is 120 cm³/mol. The van der Waals surface area contributed by atoms with E-state index >= 15 is 0 Å². The van der Waals surface area contributed by atoms with Crippen LogP contribution in [0.25, 0.3) is 0 Å². The maximum Gasteiger partial charge on any atom is 0.169 e. The third-order valence-corrected chi connectivity index (χ3v) is 4.83. The van der Waals surface area contributed by atoms with Crippen LogP contribution in [0.5, 0.6) is 0 Å². The third-order valence-electron chi connectivity index (χ3n) is 4.83. The molecule has 4 rings (SSSR count). The van der Waals surface area contributed by atoms with Crippen LogP contribution < -0.4 is 5.01 Å². The minimum Gasteiger partial charge on any atom is -0.259 e. The van der Waals surface area contributed by atoms with Gasteiger partial charge >= 0.3 is 0 Å². The molecule has 1 aliphatic heterocycles. The molecule has 0 bridgehead atoms. The Kier molecular flexibility index (Phi) is 5.10. The molecule has 0 saturated carbocycles.